The van der Waals surface area contributed by atoms with Crippen molar-refractivity contribution in [2.45, 2.75) is 46.0 Å². The van der Waals surface area contributed by atoms with Gasteiger partial charge in [0.05, 0.1) is 43.7 Å². The molecular formula is C25H25F2N3O4. The van der Waals surface area contributed by atoms with Gasteiger partial charge in [0.25, 0.3) is 0 Å². The predicted molar refractivity (Wildman–Crippen MR) is 120 cm³/mol. The van der Waals surface area contributed by atoms with E-state index >= 15 is 0 Å². The molecule has 0 fully saturated rings. The minimum absolute atomic E-state index is 0.172. The van der Waals surface area contributed by atoms with Crippen LogP contribution in [-0.4, -0.2) is 39.5 Å². The van der Waals surface area contributed by atoms with Gasteiger partial charge >= 0.3 is 12.1 Å². The number of carbonyl (C=O) groups excluding carboxylic acids is 2. The average molecular weight is 469 g/mol. The smallest absolute Gasteiger partial charge is 0.410 e. The van der Waals surface area contributed by atoms with Gasteiger partial charge in [0.15, 0.2) is 0 Å². The number of amides is 1. The molecule has 3 aromatic rings. The number of carbonyl (C=O) groups is 2. The van der Waals surface area contributed by atoms with E-state index in [1.54, 1.807) is 43.7 Å². The Kier molecular flexibility index (Phi) is 6.12. The quantitative estimate of drug-likeness (QED) is 0.508. The van der Waals surface area contributed by atoms with Crippen LogP contribution in [0.4, 0.5) is 13.6 Å². The lowest BCUT2D eigenvalue weighted by Gasteiger charge is -2.24. The molecule has 1 aliphatic heterocycles. The third kappa shape index (κ3) is 4.78. The highest BCUT2D eigenvalue weighted by Gasteiger charge is 2.34. The zero-order valence-corrected chi connectivity index (χ0v) is 19.4. The number of benzene rings is 2. The first kappa shape index (κ1) is 23.4. The molecule has 2 aromatic carbocycles. The highest BCUT2D eigenvalue weighted by atomic mass is 19.1. The van der Waals surface area contributed by atoms with Crippen LogP contribution in [0.1, 0.15) is 48.0 Å². The second kappa shape index (κ2) is 8.89. The lowest BCUT2D eigenvalue weighted by molar-refractivity contribution is 0.0239. The molecule has 178 valence electrons. The molecule has 1 aromatic heterocycles. The van der Waals surface area contributed by atoms with Gasteiger partial charge in [-0.2, -0.15) is 5.10 Å². The lowest BCUT2D eigenvalue weighted by atomic mass is 10.1. The number of rotatable bonds is 4. The third-order valence-electron chi connectivity index (χ3n) is 5.34. The number of aromatic nitrogens is 2. The van der Waals surface area contributed by atoms with E-state index in [0.29, 0.717) is 22.5 Å². The van der Waals surface area contributed by atoms with Crippen LogP contribution in [0.5, 0.6) is 0 Å². The van der Waals surface area contributed by atoms with E-state index in [2.05, 4.69) is 5.10 Å². The molecule has 1 amide bonds. The van der Waals surface area contributed by atoms with Gasteiger partial charge in [0.2, 0.25) is 0 Å². The summed E-state index contributed by atoms with van der Waals surface area (Å²) in [5, 5.41) is 4.64. The summed E-state index contributed by atoms with van der Waals surface area (Å²) in [6.45, 7) is 5.95. The van der Waals surface area contributed by atoms with Gasteiger partial charge in [-0.3, -0.25) is 9.58 Å². The van der Waals surface area contributed by atoms with Crippen LogP contribution in [-0.2, 0) is 29.1 Å². The number of halogens is 2. The molecular weight excluding hydrogens is 444 g/mol. The summed E-state index contributed by atoms with van der Waals surface area (Å²) in [5.41, 5.74) is 2.36. The summed E-state index contributed by atoms with van der Waals surface area (Å²) in [6.07, 6.45) is -0.492. The molecule has 0 spiro atoms. The maximum Gasteiger partial charge on any atom is 0.410 e. The number of esters is 1. The number of ether oxygens (including phenoxy) is 2. The Morgan fingerprint density at radius 2 is 1.85 bits per heavy atom. The highest BCUT2D eigenvalue weighted by Crippen LogP contribution is 2.35. The van der Waals surface area contributed by atoms with Crippen molar-refractivity contribution in [2.24, 2.45) is 0 Å². The van der Waals surface area contributed by atoms with Crippen molar-refractivity contribution in [1.29, 1.82) is 0 Å². The van der Waals surface area contributed by atoms with E-state index in [4.69, 9.17) is 9.47 Å². The Morgan fingerprint density at radius 1 is 1.09 bits per heavy atom. The van der Waals surface area contributed by atoms with Gasteiger partial charge in [-0.15, -0.1) is 0 Å². The van der Waals surface area contributed by atoms with Crippen molar-refractivity contribution in [1.82, 2.24) is 14.7 Å². The van der Waals surface area contributed by atoms with Crippen molar-refractivity contribution in [3.63, 3.8) is 0 Å². The fourth-order valence-corrected chi connectivity index (χ4v) is 3.91. The van der Waals surface area contributed by atoms with Crippen molar-refractivity contribution < 1.29 is 27.8 Å². The third-order valence-corrected chi connectivity index (χ3v) is 5.34. The van der Waals surface area contributed by atoms with E-state index in [1.165, 1.54) is 24.1 Å². The van der Waals surface area contributed by atoms with Gasteiger partial charge in [-0.1, -0.05) is 12.1 Å². The molecule has 9 heteroatoms. The topological polar surface area (TPSA) is 73.7 Å². The first-order valence-electron chi connectivity index (χ1n) is 10.7. The number of fused-ring (bicyclic) bond motifs is 1. The van der Waals surface area contributed by atoms with Gasteiger partial charge in [0, 0.05) is 17.2 Å². The molecule has 1 aliphatic rings. The highest BCUT2D eigenvalue weighted by molar-refractivity contribution is 5.89. The van der Waals surface area contributed by atoms with Crippen LogP contribution < -0.4 is 0 Å². The molecule has 0 radical (unpaired) electrons. The Hall–Kier alpha value is -3.75. The van der Waals surface area contributed by atoms with Crippen LogP contribution in [0.25, 0.3) is 11.3 Å². The summed E-state index contributed by atoms with van der Waals surface area (Å²) in [5.74, 6) is -1.89. The Morgan fingerprint density at radius 3 is 2.53 bits per heavy atom. The second-order valence-corrected chi connectivity index (χ2v) is 9.08. The summed E-state index contributed by atoms with van der Waals surface area (Å²) < 4.78 is 40.3. The molecule has 0 saturated carbocycles. The van der Waals surface area contributed by atoms with E-state index in [-0.39, 0.29) is 25.2 Å². The van der Waals surface area contributed by atoms with E-state index in [0.717, 1.165) is 11.6 Å². The fourth-order valence-electron chi connectivity index (χ4n) is 3.91. The molecule has 34 heavy (non-hydrogen) atoms. The molecule has 7 nitrogen and oxygen atoms in total. The summed E-state index contributed by atoms with van der Waals surface area (Å²) in [7, 11) is 1.30. The zero-order valence-electron chi connectivity index (χ0n) is 19.4. The van der Waals surface area contributed by atoms with Gasteiger partial charge in [-0.05, 0) is 50.6 Å². The van der Waals surface area contributed by atoms with Crippen LogP contribution >= 0.6 is 0 Å². The van der Waals surface area contributed by atoms with Crippen molar-refractivity contribution >= 4 is 12.1 Å². The van der Waals surface area contributed by atoms with Crippen molar-refractivity contribution in [3.05, 3.63) is 76.5 Å². The van der Waals surface area contributed by atoms with Gasteiger partial charge in [-0.25, -0.2) is 18.4 Å². The zero-order chi connectivity index (χ0) is 24.6. The number of hydrogen-bond donors (Lipinski definition) is 0. The maximum atomic E-state index is 14.8. The molecule has 0 saturated heterocycles. The number of hydrogen-bond acceptors (Lipinski definition) is 5. The minimum atomic E-state index is -0.733. The number of nitrogens with zero attached hydrogens (tertiary/aromatic N) is 3. The molecule has 0 atom stereocenters. The summed E-state index contributed by atoms with van der Waals surface area (Å²) in [6, 6.07) is 10.2. The molecule has 0 aliphatic carbocycles. The Balaban J connectivity index is 1.73. The first-order chi connectivity index (χ1) is 16.1. The lowest BCUT2D eigenvalue weighted by Crippen LogP contribution is -2.33. The molecule has 0 N–H and O–H groups in total. The van der Waals surface area contributed by atoms with E-state index in [9.17, 15) is 18.4 Å². The van der Waals surface area contributed by atoms with Crippen molar-refractivity contribution in [2.75, 3.05) is 7.11 Å². The van der Waals surface area contributed by atoms with Crippen LogP contribution in [0, 0.1) is 11.6 Å². The largest absolute Gasteiger partial charge is 0.465 e. The molecule has 4 rings (SSSR count). The maximum absolute atomic E-state index is 14.8. The van der Waals surface area contributed by atoms with Crippen LogP contribution in [0.2, 0.25) is 0 Å². The number of methoxy groups -OCH3 is 1. The average Bonchev–Trinajstić information content (AvgIpc) is 3.30. The predicted octanol–water partition coefficient (Wildman–Crippen LogP) is 4.91. The van der Waals surface area contributed by atoms with Crippen LogP contribution in [0.3, 0.4) is 0 Å². The summed E-state index contributed by atoms with van der Waals surface area (Å²) in [4.78, 5) is 26.0. The van der Waals surface area contributed by atoms with Crippen LogP contribution in [0.15, 0.2) is 42.5 Å². The van der Waals surface area contributed by atoms with Gasteiger partial charge in [0.1, 0.15) is 17.2 Å². The SMILES string of the molecule is COC(=O)c1cccc(Cn2nc3c(c2-c2ccc(F)cc2F)CN(C(=O)OC(C)(C)C)C3)c1. The van der Waals surface area contributed by atoms with E-state index < -0.39 is 29.3 Å². The molecule has 0 bridgehead atoms. The molecule has 2 heterocycles. The van der Waals surface area contributed by atoms with Gasteiger partial charge < -0.3 is 9.47 Å². The first-order valence-corrected chi connectivity index (χ1v) is 10.7. The minimum Gasteiger partial charge on any atom is -0.465 e. The van der Waals surface area contributed by atoms with E-state index in [1.807, 2.05) is 6.07 Å². The second-order valence-electron chi connectivity index (χ2n) is 9.08. The normalized spacial score (nSPS) is 13.1. The van der Waals surface area contributed by atoms with Crippen molar-refractivity contribution in [3.8, 4) is 11.3 Å². The Labute approximate surface area is 195 Å². The Bertz CT molecular complexity index is 1260. The molecule has 0 unspecified atom stereocenters. The monoisotopic (exact) mass is 469 g/mol. The summed E-state index contributed by atoms with van der Waals surface area (Å²) >= 11 is 0. The fraction of sp³-hybridized carbons (Fsp3) is 0.320. The standard InChI is InChI=1S/C25H25F2N3O4/c1-25(2,3)34-24(32)29-13-19-21(14-29)28-30(22(19)18-9-8-17(26)11-20(18)27)12-15-6-5-7-16(10-15)23(31)33-4/h5-11H,12-14H2,1-4H3.